The number of benzene rings is 3. The lowest BCUT2D eigenvalue weighted by atomic mass is 9.86. The maximum atomic E-state index is 13.8. The fourth-order valence-electron chi connectivity index (χ4n) is 4.83. The first kappa shape index (κ1) is 23.0. The summed E-state index contributed by atoms with van der Waals surface area (Å²) in [4.78, 5) is 18.3. The summed E-state index contributed by atoms with van der Waals surface area (Å²) < 4.78 is 35.8. The molecule has 1 aliphatic carbocycles. The molecule has 6 nitrogen and oxygen atoms in total. The number of allylic oxidation sites excluding steroid dienone is 1. The summed E-state index contributed by atoms with van der Waals surface area (Å²) in [6.07, 6.45) is 4.55. The van der Waals surface area contributed by atoms with E-state index in [2.05, 4.69) is 6.08 Å². The molecule has 6 rings (SSSR count). The largest absolute Gasteiger partial charge is 0.487 e. The molecule has 0 amide bonds. The van der Waals surface area contributed by atoms with Gasteiger partial charge in [0.1, 0.15) is 13.2 Å². The Labute approximate surface area is 213 Å². The second kappa shape index (κ2) is 9.93. The minimum atomic E-state index is -0.454. The first-order valence-corrected chi connectivity index (χ1v) is 12.2. The Balaban J connectivity index is 1.30. The van der Waals surface area contributed by atoms with Crippen LogP contribution in [-0.4, -0.2) is 31.0 Å². The number of ether oxygens (including phenoxy) is 4. The normalized spacial score (nSPS) is 15.0. The van der Waals surface area contributed by atoms with Crippen molar-refractivity contribution in [2.24, 2.45) is 0 Å². The lowest BCUT2D eigenvalue weighted by Crippen LogP contribution is -2.18. The zero-order valence-electron chi connectivity index (χ0n) is 20.0. The Morgan fingerprint density at radius 1 is 0.973 bits per heavy atom. The number of hydrogen-bond acceptors (Lipinski definition) is 6. The number of carbonyl (C=O) groups is 1. The van der Waals surface area contributed by atoms with Crippen molar-refractivity contribution in [1.82, 2.24) is 4.98 Å². The Hall–Kier alpha value is -4.39. The number of esters is 1. The fraction of sp³-hybridized carbons (Fsp3) is 0.200. The topological polar surface area (TPSA) is 66.9 Å². The highest BCUT2D eigenvalue weighted by Crippen LogP contribution is 2.38. The van der Waals surface area contributed by atoms with E-state index in [4.69, 9.17) is 23.9 Å². The van der Waals surface area contributed by atoms with Gasteiger partial charge in [0, 0.05) is 5.39 Å². The van der Waals surface area contributed by atoms with E-state index in [1.54, 1.807) is 12.1 Å². The maximum Gasteiger partial charge on any atom is 0.339 e. The highest BCUT2D eigenvalue weighted by molar-refractivity contribution is 6.06. The average Bonchev–Trinajstić information content (AvgIpc) is 3.39. The summed E-state index contributed by atoms with van der Waals surface area (Å²) in [5, 5.41) is 0.755. The summed E-state index contributed by atoms with van der Waals surface area (Å²) >= 11 is 0. The van der Waals surface area contributed by atoms with Crippen molar-refractivity contribution in [1.29, 1.82) is 0 Å². The second-order valence-electron chi connectivity index (χ2n) is 8.88. The molecule has 0 fully saturated rings. The standard InChI is InChI=1S/C30H24FNO5/c31-23-9-2-4-11-25(23)34-14-15-35-30(33)28-21-7-1-3-10-24(21)32-29-20(6-5-8-22(28)29)16-19-12-13-26-27(17-19)37-18-36-26/h1-4,7,9-13,16-17H,5-6,8,14-15,18H2. The van der Waals surface area contributed by atoms with Gasteiger partial charge in [-0.1, -0.05) is 36.4 Å². The van der Waals surface area contributed by atoms with Crippen LogP contribution in [0.3, 0.4) is 0 Å². The van der Waals surface area contributed by atoms with Crippen molar-refractivity contribution in [3.63, 3.8) is 0 Å². The van der Waals surface area contributed by atoms with Crippen LogP contribution in [0.2, 0.25) is 0 Å². The van der Waals surface area contributed by atoms with Crippen molar-refractivity contribution in [2.75, 3.05) is 20.0 Å². The highest BCUT2D eigenvalue weighted by atomic mass is 19.1. The van der Waals surface area contributed by atoms with E-state index in [1.807, 2.05) is 42.5 Å². The maximum absolute atomic E-state index is 13.8. The van der Waals surface area contributed by atoms with Gasteiger partial charge in [0.05, 0.1) is 16.8 Å². The Morgan fingerprint density at radius 3 is 2.73 bits per heavy atom. The van der Waals surface area contributed by atoms with Crippen LogP contribution in [0.15, 0.2) is 66.7 Å². The van der Waals surface area contributed by atoms with Gasteiger partial charge in [-0.3, -0.25) is 0 Å². The molecule has 1 aliphatic heterocycles. The Kier molecular flexibility index (Phi) is 6.18. The predicted octanol–water partition coefficient (Wildman–Crippen LogP) is 6.22. The van der Waals surface area contributed by atoms with E-state index in [-0.39, 0.29) is 25.8 Å². The Morgan fingerprint density at radius 2 is 1.81 bits per heavy atom. The summed E-state index contributed by atoms with van der Waals surface area (Å²) in [5.41, 5.74) is 5.01. The van der Waals surface area contributed by atoms with E-state index in [0.29, 0.717) is 5.56 Å². The van der Waals surface area contributed by atoms with Gasteiger partial charge in [-0.2, -0.15) is 0 Å². The van der Waals surface area contributed by atoms with Crippen LogP contribution in [0.4, 0.5) is 4.39 Å². The third-order valence-electron chi connectivity index (χ3n) is 6.52. The smallest absolute Gasteiger partial charge is 0.339 e. The fourth-order valence-corrected chi connectivity index (χ4v) is 4.83. The van der Waals surface area contributed by atoms with Crippen LogP contribution in [0.25, 0.3) is 22.6 Å². The lowest BCUT2D eigenvalue weighted by Gasteiger charge is -2.22. The van der Waals surface area contributed by atoms with Crippen molar-refractivity contribution < 1.29 is 28.1 Å². The van der Waals surface area contributed by atoms with E-state index in [1.165, 1.54) is 12.1 Å². The summed E-state index contributed by atoms with van der Waals surface area (Å²) in [6, 6.07) is 19.6. The molecule has 0 radical (unpaired) electrons. The first-order chi connectivity index (χ1) is 18.2. The van der Waals surface area contributed by atoms with Gasteiger partial charge >= 0.3 is 5.97 Å². The molecule has 0 N–H and O–H groups in total. The van der Waals surface area contributed by atoms with E-state index in [9.17, 15) is 9.18 Å². The van der Waals surface area contributed by atoms with Crippen LogP contribution in [0, 0.1) is 5.82 Å². The van der Waals surface area contributed by atoms with Crippen LogP contribution < -0.4 is 14.2 Å². The SMILES string of the molecule is O=C(OCCOc1ccccc1F)c1c2c(nc3ccccc13)C(=Cc1ccc3c(c1)OCO3)CCC2. The molecule has 0 saturated carbocycles. The zero-order valence-corrected chi connectivity index (χ0v) is 20.0. The number of fused-ring (bicyclic) bond motifs is 3. The van der Waals surface area contributed by atoms with Crippen LogP contribution in [0.5, 0.6) is 17.2 Å². The van der Waals surface area contributed by atoms with Crippen LogP contribution >= 0.6 is 0 Å². The van der Waals surface area contributed by atoms with Gasteiger partial charge in [0.2, 0.25) is 6.79 Å². The highest BCUT2D eigenvalue weighted by Gasteiger charge is 2.26. The lowest BCUT2D eigenvalue weighted by molar-refractivity contribution is 0.0449. The van der Waals surface area contributed by atoms with Crippen molar-refractivity contribution in [3.05, 3.63) is 94.9 Å². The first-order valence-electron chi connectivity index (χ1n) is 12.2. The van der Waals surface area contributed by atoms with Gasteiger partial charge in [0.15, 0.2) is 23.1 Å². The van der Waals surface area contributed by atoms with E-state index >= 15 is 0 Å². The monoisotopic (exact) mass is 497 g/mol. The van der Waals surface area contributed by atoms with Crippen LogP contribution in [0.1, 0.15) is 40.0 Å². The molecule has 2 aliphatic rings. The Bertz CT molecular complexity index is 1530. The molecule has 7 heteroatoms. The average molecular weight is 498 g/mol. The summed E-state index contributed by atoms with van der Waals surface area (Å²) in [6.45, 7) is 0.272. The number of pyridine rings is 1. The third-order valence-corrected chi connectivity index (χ3v) is 6.52. The van der Waals surface area contributed by atoms with E-state index < -0.39 is 11.8 Å². The van der Waals surface area contributed by atoms with Gasteiger partial charge in [-0.15, -0.1) is 0 Å². The minimum absolute atomic E-state index is 0.00150. The molecule has 0 unspecified atom stereocenters. The van der Waals surface area contributed by atoms with Gasteiger partial charge in [-0.05, 0) is 72.4 Å². The molecule has 186 valence electrons. The number of carbonyl (C=O) groups excluding carboxylic acids is 1. The molecule has 37 heavy (non-hydrogen) atoms. The molecule has 4 aromatic rings. The molecule has 0 saturated heterocycles. The molecule has 1 aromatic heterocycles. The molecule has 0 atom stereocenters. The van der Waals surface area contributed by atoms with Crippen molar-refractivity contribution in [3.8, 4) is 17.2 Å². The van der Waals surface area contributed by atoms with Gasteiger partial charge in [-0.25, -0.2) is 14.2 Å². The van der Waals surface area contributed by atoms with Gasteiger partial charge in [0.25, 0.3) is 0 Å². The molecular formula is C30H24FNO5. The molecule has 2 heterocycles. The third kappa shape index (κ3) is 4.60. The number of halogens is 1. The number of hydrogen-bond donors (Lipinski definition) is 0. The minimum Gasteiger partial charge on any atom is -0.487 e. The van der Waals surface area contributed by atoms with Gasteiger partial charge < -0.3 is 18.9 Å². The number of para-hydroxylation sites is 2. The number of rotatable bonds is 6. The summed E-state index contributed by atoms with van der Waals surface area (Å²) in [5.74, 6) is 0.697. The molecular weight excluding hydrogens is 473 g/mol. The second-order valence-corrected chi connectivity index (χ2v) is 8.88. The number of nitrogens with zero attached hydrogens (tertiary/aromatic N) is 1. The van der Waals surface area contributed by atoms with Crippen LogP contribution in [-0.2, 0) is 11.2 Å². The number of aromatic nitrogens is 1. The molecule has 0 spiro atoms. The molecule has 0 bridgehead atoms. The van der Waals surface area contributed by atoms with Crippen molar-refractivity contribution >= 4 is 28.5 Å². The molecule has 3 aromatic carbocycles. The van der Waals surface area contributed by atoms with E-state index in [0.717, 1.165) is 64.1 Å². The zero-order chi connectivity index (χ0) is 25.2. The predicted molar refractivity (Wildman–Crippen MR) is 137 cm³/mol. The quantitative estimate of drug-likeness (QED) is 0.233. The summed E-state index contributed by atoms with van der Waals surface area (Å²) in [7, 11) is 0. The van der Waals surface area contributed by atoms with Crippen molar-refractivity contribution in [2.45, 2.75) is 19.3 Å².